The molecular formula is C9H10N4OS. The van der Waals surface area contributed by atoms with Crippen LogP contribution in [0.1, 0.15) is 18.3 Å². The third-order valence-corrected chi connectivity index (χ3v) is 2.17. The molecule has 5 nitrogen and oxygen atoms in total. The van der Waals surface area contributed by atoms with Gasteiger partial charge in [-0.15, -0.1) is 5.10 Å². The van der Waals surface area contributed by atoms with Gasteiger partial charge >= 0.3 is 0 Å². The maximum absolute atomic E-state index is 5.25. The molecule has 0 unspecified atom stereocenters. The molecule has 0 atom stereocenters. The molecule has 2 rings (SSSR count). The van der Waals surface area contributed by atoms with Crippen molar-refractivity contribution in [1.82, 2.24) is 20.4 Å². The Hall–Kier alpha value is -1.56. The van der Waals surface area contributed by atoms with E-state index >= 15 is 0 Å². The Morgan fingerprint density at radius 2 is 2.27 bits per heavy atom. The van der Waals surface area contributed by atoms with Crippen molar-refractivity contribution < 1.29 is 4.42 Å². The lowest BCUT2D eigenvalue weighted by Crippen LogP contribution is -1.97. The summed E-state index contributed by atoms with van der Waals surface area (Å²) in [5.74, 6) is 0.467. The third kappa shape index (κ3) is 1.94. The highest BCUT2D eigenvalue weighted by Gasteiger charge is 2.11. The molecule has 0 aliphatic carbocycles. The molecule has 2 aromatic heterocycles. The van der Waals surface area contributed by atoms with Gasteiger partial charge in [0.25, 0.3) is 4.84 Å². The van der Waals surface area contributed by atoms with Gasteiger partial charge in [0.2, 0.25) is 5.89 Å². The van der Waals surface area contributed by atoms with Crippen LogP contribution in [0.15, 0.2) is 10.5 Å². The minimum absolute atomic E-state index is 0.265. The van der Waals surface area contributed by atoms with Crippen molar-refractivity contribution in [3.63, 3.8) is 0 Å². The lowest BCUT2D eigenvalue weighted by Gasteiger charge is -2.01. The normalized spacial score (nSPS) is 10.5. The number of nitrogens with zero attached hydrogens (tertiary/aromatic N) is 3. The predicted octanol–water partition coefficient (Wildman–Crippen LogP) is 2.06. The van der Waals surface area contributed by atoms with Crippen LogP contribution in [0.25, 0.3) is 11.5 Å². The van der Waals surface area contributed by atoms with Gasteiger partial charge in [-0.2, -0.15) is 10.2 Å². The summed E-state index contributed by atoms with van der Waals surface area (Å²) in [4.78, 5) is 0.265. The molecule has 0 spiro atoms. The molecule has 0 bridgehead atoms. The Morgan fingerprint density at radius 3 is 2.87 bits per heavy atom. The average Bonchev–Trinajstić information content (AvgIpc) is 2.65. The highest BCUT2D eigenvalue weighted by Crippen LogP contribution is 2.20. The highest BCUT2D eigenvalue weighted by molar-refractivity contribution is 7.71. The van der Waals surface area contributed by atoms with Gasteiger partial charge in [0.15, 0.2) is 0 Å². The van der Waals surface area contributed by atoms with Crippen molar-refractivity contribution in [2.45, 2.75) is 20.3 Å². The molecule has 0 aliphatic rings. The number of aryl methyl sites for hydroxylation is 2. The van der Waals surface area contributed by atoms with Crippen molar-refractivity contribution in [3.8, 4) is 11.5 Å². The van der Waals surface area contributed by atoms with E-state index < -0.39 is 0 Å². The maximum Gasteiger partial charge on any atom is 0.284 e. The fraction of sp³-hybridized carbons (Fsp3) is 0.333. The maximum atomic E-state index is 5.25. The van der Waals surface area contributed by atoms with Crippen LogP contribution in [0.2, 0.25) is 0 Å². The Morgan fingerprint density at radius 1 is 1.47 bits per heavy atom. The van der Waals surface area contributed by atoms with E-state index in [4.69, 9.17) is 16.6 Å². The second-order valence-electron chi connectivity index (χ2n) is 3.12. The molecule has 2 heterocycles. The van der Waals surface area contributed by atoms with Gasteiger partial charge in [-0.25, -0.2) is 5.10 Å². The Kier molecular flexibility index (Phi) is 2.59. The van der Waals surface area contributed by atoms with Crippen molar-refractivity contribution in [1.29, 1.82) is 0 Å². The van der Waals surface area contributed by atoms with E-state index in [0.29, 0.717) is 5.89 Å². The summed E-state index contributed by atoms with van der Waals surface area (Å²) in [5, 5.41) is 14.6. The number of H-pyrrole nitrogens is 1. The molecule has 0 aromatic carbocycles. The second kappa shape index (κ2) is 3.90. The summed E-state index contributed by atoms with van der Waals surface area (Å²) in [6, 6.07) is 1.89. The quantitative estimate of drug-likeness (QED) is 0.788. The van der Waals surface area contributed by atoms with Gasteiger partial charge in [-0.3, -0.25) is 0 Å². The number of hydrogen-bond donors (Lipinski definition) is 1. The fourth-order valence-electron chi connectivity index (χ4n) is 1.31. The molecule has 6 heteroatoms. The Balaban J connectivity index is 2.59. The number of nitrogens with one attached hydrogen (secondary N) is 1. The van der Waals surface area contributed by atoms with Gasteiger partial charge in [-0.05, 0) is 31.6 Å². The topological polar surface area (TPSA) is 67.6 Å². The van der Waals surface area contributed by atoms with E-state index in [1.165, 1.54) is 0 Å². The van der Waals surface area contributed by atoms with Crippen LogP contribution >= 0.6 is 12.2 Å². The second-order valence-corrected chi connectivity index (χ2v) is 3.49. The zero-order valence-corrected chi connectivity index (χ0v) is 9.26. The van der Waals surface area contributed by atoms with Crippen molar-refractivity contribution >= 4 is 12.2 Å². The lowest BCUT2D eigenvalue weighted by atomic mass is 10.1. The number of aromatic nitrogens is 4. The zero-order valence-electron chi connectivity index (χ0n) is 8.44. The van der Waals surface area contributed by atoms with Gasteiger partial charge < -0.3 is 4.42 Å². The minimum Gasteiger partial charge on any atom is -0.409 e. The molecule has 78 valence electrons. The number of aromatic amines is 1. The number of rotatable bonds is 2. The third-order valence-electron chi connectivity index (χ3n) is 2.00. The van der Waals surface area contributed by atoms with Crippen molar-refractivity contribution in [2.75, 3.05) is 0 Å². The first-order valence-corrected chi connectivity index (χ1v) is 5.00. The summed E-state index contributed by atoms with van der Waals surface area (Å²) in [7, 11) is 0. The van der Waals surface area contributed by atoms with E-state index in [9.17, 15) is 0 Å². The van der Waals surface area contributed by atoms with Crippen LogP contribution in [-0.4, -0.2) is 20.4 Å². The van der Waals surface area contributed by atoms with Crippen molar-refractivity contribution in [2.24, 2.45) is 0 Å². The molecule has 0 radical (unpaired) electrons. The zero-order chi connectivity index (χ0) is 10.8. The van der Waals surface area contributed by atoms with Crippen LogP contribution in [0.3, 0.4) is 0 Å². The Bertz CT molecular complexity index is 531. The highest BCUT2D eigenvalue weighted by atomic mass is 32.1. The van der Waals surface area contributed by atoms with Crippen molar-refractivity contribution in [3.05, 3.63) is 22.3 Å². The molecule has 0 amide bonds. The van der Waals surface area contributed by atoms with Crippen LogP contribution < -0.4 is 0 Å². The summed E-state index contributed by atoms with van der Waals surface area (Å²) in [6.45, 7) is 3.88. The van der Waals surface area contributed by atoms with E-state index in [1.807, 2.05) is 19.9 Å². The fourth-order valence-corrected chi connectivity index (χ4v) is 1.43. The first kappa shape index (κ1) is 9.97. The first-order chi connectivity index (χ1) is 7.20. The van der Waals surface area contributed by atoms with E-state index in [1.54, 1.807) is 0 Å². The van der Waals surface area contributed by atoms with Crippen LogP contribution in [0, 0.1) is 11.8 Å². The first-order valence-electron chi connectivity index (χ1n) is 4.59. The SMILES string of the molecule is CCc1nnc(C)cc1-c1n[nH]c(=S)o1. The summed E-state index contributed by atoms with van der Waals surface area (Å²) >= 11 is 4.82. The molecule has 0 saturated carbocycles. The molecule has 0 fully saturated rings. The van der Waals surface area contributed by atoms with Gasteiger partial charge in [0.1, 0.15) is 0 Å². The molecule has 1 N–H and O–H groups in total. The molecule has 0 aliphatic heterocycles. The summed E-state index contributed by atoms with van der Waals surface area (Å²) < 4.78 is 5.25. The average molecular weight is 222 g/mol. The van der Waals surface area contributed by atoms with E-state index in [0.717, 1.165) is 23.4 Å². The predicted molar refractivity (Wildman–Crippen MR) is 56.8 cm³/mol. The van der Waals surface area contributed by atoms with Gasteiger partial charge in [0, 0.05) is 0 Å². The van der Waals surface area contributed by atoms with Crippen LogP contribution in [-0.2, 0) is 6.42 Å². The largest absolute Gasteiger partial charge is 0.409 e. The summed E-state index contributed by atoms with van der Waals surface area (Å²) in [6.07, 6.45) is 0.776. The van der Waals surface area contributed by atoms with E-state index in [2.05, 4.69) is 20.4 Å². The monoisotopic (exact) mass is 222 g/mol. The van der Waals surface area contributed by atoms with E-state index in [-0.39, 0.29) is 4.84 Å². The molecule has 15 heavy (non-hydrogen) atoms. The molecule has 0 saturated heterocycles. The van der Waals surface area contributed by atoms with Crippen LogP contribution in [0.4, 0.5) is 0 Å². The van der Waals surface area contributed by atoms with Crippen LogP contribution in [0.5, 0.6) is 0 Å². The Labute approximate surface area is 91.6 Å². The number of hydrogen-bond acceptors (Lipinski definition) is 5. The standard InChI is InChI=1S/C9H10N4OS/c1-3-7-6(4-5(2)10-11-7)8-12-13-9(15)14-8/h4H,3H2,1-2H3,(H,13,15). The van der Waals surface area contributed by atoms with Gasteiger partial charge in [-0.1, -0.05) is 6.92 Å². The molecular weight excluding hydrogens is 212 g/mol. The summed E-state index contributed by atoms with van der Waals surface area (Å²) in [5.41, 5.74) is 2.52. The molecule has 2 aromatic rings. The lowest BCUT2D eigenvalue weighted by molar-refractivity contribution is 0.550. The minimum atomic E-state index is 0.265. The smallest absolute Gasteiger partial charge is 0.284 e. The van der Waals surface area contributed by atoms with Gasteiger partial charge in [0.05, 0.1) is 17.0 Å².